The Balaban J connectivity index is 1.59. The molecule has 3 rings (SSSR count). The normalized spacial score (nSPS) is 15.9. The molecule has 6 nitrogen and oxygen atoms in total. The molecule has 21 heavy (non-hydrogen) atoms. The largest absolute Gasteiger partial charge is 0.476 e. The molecule has 1 aliphatic heterocycles. The van der Waals surface area contributed by atoms with Crippen molar-refractivity contribution in [1.29, 1.82) is 0 Å². The highest BCUT2D eigenvalue weighted by molar-refractivity contribution is 5.84. The Labute approximate surface area is 118 Å². The fourth-order valence-corrected chi connectivity index (χ4v) is 2.35. The Morgan fingerprint density at radius 1 is 1.29 bits per heavy atom. The van der Waals surface area contributed by atoms with Gasteiger partial charge in [-0.05, 0) is 17.7 Å². The number of aromatic nitrogens is 3. The lowest BCUT2D eigenvalue weighted by atomic mass is 10.1. The lowest BCUT2D eigenvalue weighted by Crippen LogP contribution is -2.47. The molecule has 0 aliphatic carbocycles. The van der Waals surface area contributed by atoms with Gasteiger partial charge in [-0.25, -0.2) is 18.3 Å². The summed E-state index contributed by atoms with van der Waals surface area (Å²) in [5.74, 6) is -2.30. The highest BCUT2D eigenvalue weighted by Gasteiger charge is 2.29. The van der Waals surface area contributed by atoms with Gasteiger partial charge in [-0.1, -0.05) is 5.21 Å². The maximum absolute atomic E-state index is 13.1. The third-order valence-electron chi connectivity index (χ3n) is 3.37. The van der Waals surface area contributed by atoms with Crippen molar-refractivity contribution in [2.45, 2.75) is 12.6 Å². The zero-order chi connectivity index (χ0) is 15.0. The van der Waals surface area contributed by atoms with E-state index in [1.54, 1.807) is 0 Å². The van der Waals surface area contributed by atoms with Gasteiger partial charge in [0.15, 0.2) is 5.69 Å². The first kappa shape index (κ1) is 13.6. The average molecular weight is 294 g/mol. The molecule has 1 N–H and O–H groups in total. The van der Waals surface area contributed by atoms with E-state index in [0.29, 0.717) is 25.2 Å². The molecule has 1 aromatic carbocycles. The minimum atomic E-state index is -1.12. The number of benzene rings is 1. The number of rotatable bonds is 4. The molecule has 0 radical (unpaired) electrons. The maximum atomic E-state index is 13.1. The van der Waals surface area contributed by atoms with Gasteiger partial charge in [0.1, 0.15) is 11.6 Å². The SMILES string of the molecule is O=C(O)c1cn(C2CN(Cc3cc(F)cc(F)c3)C2)nn1. The summed E-state index contributed by atoms with van der Waals surface area (Å²) >= 11 is 0. The van der Waals surface area contributed by atoms with E-state index in [1.807, 2.05) is 4.90 Å². The third-order valence-corrected chi connectivity index (χ3v) is 3.37. The summed E-state index contributed by atoms with van der Waals surface area (Å²) in [6.45, 7) is 1.69. The Morgan fingerprint density at radius 3 is 2.52 bits per heavy atom. The Kier molecular flexibility index (Phi) is 3.38. The maximum Gasteiger partial charge on any atom is 0.358 e. The van der Waals surface area contributed by atoms with Gasteiger partial charge in [-0.2, -0.15) is 0 Å². The summed E-state index contributed by atoms with van der Waals surface area (Å²) < 4.78 is 27.7. The van der Waals surface area contributed by atoms with Crippen molar-refractivity contribution >= 4 is 5.97 Å². The molecule has 0 amide bonds. The van der Waals surface area contributed by atoms with Crippen LogP contribution < -0.4 is 0 Å². The van der Waals surface area contributed by atoms with Crippen LogP contribution in [-0.4, -0.2) is 44.1 Å². The number of aromatic carboxylic acids is 1. The standard InChI is InChI=1S/C13H12F2N4O2/c14-9-1-8(2-10(15)3-9)4-18-5-11(6-18)19-7-12(13(20)21)16-17-19/h1-3,7,11H,4-6H2,(H,20,21). The molecule has 1 aromatic heterocycles. The molecule has 8 heteroatoms. The summed E-state index contributed by atoms with van der Waals surface area (Å²) in [6.07, 6.45) is 1.38. The van der Waals surface area contributed by atoms with Crippen LogP contribution in [0, 0.1) is 11.6 Å². The van der Waals surface area contributed by atoms with Crippen molar-refractivity contribution in [1.82, 2.24) is 19.9 Å². The van der Waals surface area contributed by atoms with Crippen molar-refractivity contribution in [3.05, 3.63) is 47.3 Å². The molecule has 0 bridgehead atoms. The number of halogens is 2. The van der Waals surface area contributed by atoms with E-state index in [1.165, 1.54) is 23.0 Å². The number of carboxylic acid groups (broad SMARTS) is 1. The number of nitrogens with zero attached hydrogens (tertiary/aromatic N) is 4. The zero-order valence-corrected chi connectivity index (χ0v) is 10.9. The second kappa shape index (κ2) is 5.21. The van der Waals surface area contributed by atoms with Gasteiger partial charge < -0.3 is 5.11 Å². The minimum absolute atomic E-state index is 0.0315. The number of carboxylic acids is 1. The quantitative estimate of drug-likeness (QED) is 0.920. The van der Waals surface area contributed by atoms with E-state index in [0.717, 1.165) is 6.07 Å². The molecule has 0 spiro atoms. The second-order valence-corrected chi connectivity index (χ2v) is 5.01. The third kappa shape index (κ3) is 2.89. The predicted molar refractivity (Wildman–Crippen MR) is 67.7 cm³/mol. The van der Waals surface area contributed by atoms with E-state index in [4.69, 9.17) is 5.11 Å². The van der Waals surface area contributed by atoms with E-state index in [-0.39, 0.29) is 11.7 Å². The molecular formula is C13H12F2N4O2. The summed E-state index contributed by atoms with van der Waals surface area (Å²) in [5, 5.41) is 16.1. The number of carbonyl (C=O) groups is 1. The summed E-state index contributed by atoms with van der Waals surface area (Å²) in [6, 6.07) is 3.47. The van der Waals surface area contributed by atoms with Gasteiger partial charge >= 0.3 is 5.97 Å². The van der Waals surface area contributed by atoms with E-state index in [9.17, 15) is 13.6 Å². The molecule has 0 unspecified atom stereocenters. The van der Waals surface area contributed by atoms with Gasteiger partial charge in [0, 0.05) is 25.7 Å². The van der Waals surface area contributed by atoms with Crippen molar-refractivity contribution in [2.75, 3.05) is 13.1 Å². The van der Waals surface area contributed by atoms with Gasteiger partial charge in [0.2, 0.25) is 0 Å². The van der Waals surface area contributed by atoms with Gasteiger partial charge in [0.05, 0.1) is 12.2 Å². The topological polar surface area (TPSA) is 71.2 Å². The highest BCUT2D eigenvalue weighted by Crippen LogP contribution is 2.23. The van der Waals surface area contributed by atoms with Crippen LogP contribution >= 0.6 is 0 Å². The predicted octanol–water partition coefficient (Wildman–Crippen LogP) is 1.31. The first-order valence-corrected chi connectivity index (χ1v) is 6.34. The molecule has 1 fully saturated rings. The van der Waals surface area contributed by atoms with Crippen LogP contribution in [-0.2, 0) is 6.54 Å². The Bertz CT molecular complexity index is 662. The van der Waals surface area contributed by atoms with Gasteiger partial charge in [-0.15, -0.1) is 5.10 Å². The van der Waals surface area contributed by atoms with Crippen LogP contribution in [0.4, 0.5) is 8.78 Å². The van der Waals surface area contributed by atoms with Gasteiger partial charge in [-0.3, -0.25) is 4.90 Å². The molecule has 2 heterocycles. The smallest absolute Gasteiger partial charge is 0.358 e. The average Bonchev–Trinajstić information content (AvgIpc) is 2.81. The first-order chi connectivity index (χ1) is 10.0. The molecule has 110 valence electrons. The highest BCUT2D eigenvalue weighted by atomic mass is 19.1. The van der Waals surface area contributed by atoms with Crippen LogP contribution in [0.25, 0.3) is 0 Å². The van der Waals surface area contributed by atoms with Crippen molar-refractivity contribution in [2.24, 2.45) is 0 Å². The fraction of sp³-hybridized carbons (Fsp3) is 0.308. The van der Waals surface area contributed by atoms with Gasteiger partial charge in [0.25, 0.3) is 0 Å². The fourth-order valence-electron chi connectivity index (χ4n) is 2.35. The molecule has 2 aromatic rings. The van der Waals surface area contributed by atoms with Crippen LogP contribution in [0.3, 0.4) is 0 Å². The van der Waals surface area contributed by atoms with Crippen molar-refractivity contribution in [3.63, 3.8) is 0 Å². The van der Waals surface area contributed by atoms with E-state index in [2.05, 4.69) is 10.3 Å². The summed E-state index contributed by atoms with van der Waals surface area (Å²) in [4.78, 5) is 12.7. The minimum Gasteiger partial charge on any atom is -0.476 e. The van der Waals surface area contributed by atoms with Crippen LogP contribution in [0.1, 0.15) is 22.1 Å². The molecule has 1 saturated heterocycles. The molecule has 0 atom stereocenters. The molecular weight excluding hydrogens is 282 g/mol. The van der Waals surface area contributed by atoms with Crippen LogP contribution in [0.15, 0.2) is 24.4 Å². The Morgan fingerprint density at radius 2 is 1.95 bits per heavy atom. The van der Waals surface area contributed by atoms with Crippen molar-refractivity contribution < 1.29 is 18.7 Å². The zero-order valence-electron chi connectivity index (χ0n) is 10.9. The van der Waals surface area contributed by atoms with Crippen LogP contribution in [0.2, 0.25) is 0 Å². The summed E-state index contributed by atoms with van der Waals surface area (Å²) in [5.41, 5.74) is 0.469. The monoisotopic (exact) mass is 294 g/mol. The van der Waals surface area contributed by atoms with Crippen LogP contribution in [0.5, 0.6) is 0 Å². The molecule has 0 saturated carbocycles. The second-order valence-electron chi connectivity index (χ2n) is 5.01. The number of likely N-dealkylation sites (tertiary alicyclic amines) is 1. The first-order valence-electron chi connectivity index (χ1n) is 6.34. The lowest BCUT2D eigenvalue weighted by Gasteiger charge is -2.38. The molecule has 1 aliphatic rings. The number of hydrogen-bond donors (Lipinski definition) is 1. The number of hydrogen-bond acceptors (Lipinski definition) is 4. The Hall–Kier alpha value is -2.35. The van der Waals surface area contributed by atoms with E-state index < -0.39 is 17.6 Å². The lowest BCUT2D eigenvalue weighted by molar-refractivity contribution is 0.0690. The van der Waals surface area contributed by atoms with Crippen molar-refractivity contribution in [3.8, 4) is 0 Å². The summed E-state index contributed by atoms with van der Waals surface area (Å²) in [7, 11) is 0. The van der Waals surface area contributed by atoms with E-state index >= 15 is 0 Å².